The van der Waals surface area contributed by atoms with E-state index < -0.39 is 0 Å². The molecule has 0 aliphatic rings. The van der Waals surface area contributed by atoms with E-state index in [4.69, 9.17) is 4.42 Å². The van der Waals surface area contributed by atoms with E-state index in [0.717, 1.165) is 12.2 Å². The standard InChI is InChI=1S/C12H19NO/c1-5-6-10(3)13-11(4)12-9(2)7-8-14-12/h5,7-8,10-11,13H,1,6H2,2-4H3. The lowest BCUT2D eigenvalue weighted by Crippen LogP contribution is -2.28. The van der Waals surface area contributed by atoms with E-state index in [-0.39, 0.29) is 6.04 Å². The molecule has 2 nitrogen and oxygen atoms in total. The summed E-state index contributed by atoms with van der Waals surface area (Å²) in [5.74, 6) is 1.03. The molecule has 1 aromatic heterocycles. The Labute approximate surface area is 86.0 Å². The molecule has 0 aliphatic heterocycles. The van der Waals surface area contributed by atoms with E-state index in [1.165, 1.54) is 5.56 Å². The predicted molar refractivity (Wildman–Crippen MR) is 59.3 cm³/mol. The van der Waals surface area contributed by atoms with Gasteiger partial charge < -0.3 is 9.73 Å². The van der Waals surface area contributed by atoms with Gasteiger partial charge in [0.15, 0.2) is 0 Å². The van der Waals surface area contributed by atoms with E-state index in [1.54, 1.807) is 6.26 Å². The molecule has 0 aromatic carbocycles. The van der Waals surface area contributed by atoms with Crippen LogP contribution in [-0.2, 0) is 0 Å². The zero-order valence-electron chi connectivity index (χ0n) is 9.21. The Kier molecular flexibility index (Phi) is 3.96. The van der Waals surface area contributed by atoms with Gasteiger partial charge in [-0.3, -0.25) is 0 Å². The third-order valence-electron chi connectivity index (χ3n) is 2.35. The van der Waals surface area contributed by atoms with E-state index in [9.17, 15) is 0 Å². The fraction of sp³-hybridized carbons (Fsp3) is 0.500. The summed E-state index contributed by atoms with van der Waals surface area (Å²) < 4.78 is 5.42. The van der Waals surface area contributed by atoms with Gasteiger partial charge in [-0.1, -0.05) is 6.08 Å². The Hall–Kier alpha value is -1.02. The summed E-state index contributed by atoms with van der Waals surface area (Å²) in [6.45, 7) is 10.1. The van der Waals surface area contributed by atoms with Gasteiger partial charge in [0.1, 0.15) is 5.76 Å². The second-order valence-corrected chi connectivity index (χ2v) is 3.78. The van der Waals surface area contributed by atoms with Gasteiger partial charge in [-0.05, 0) is 38.8 Å². The SMILES string of the molecule is C=CCC(C)NC(C)c1occc1C. The van der Waals surface area contributed by atoms with Crippen LogP contribution >= 0.6 is 0 Å². The van der Waals surface area contributed by atoms with Gasteiger partial charge in [-0.25, -0.2) is 0 Å². The second-order valence-electron chi connectivity index (χ2n) is 3.78. The lowest BCUT2D eigenvalue weighted by atomic mass is 10.1. The van der Waals surface area contributed by atoms with Crippen LogP contribution in [0.1, 0.15) is 37.6 Å². The maximum Gasteiger partial charge on any atom is 0.123 e. The molecule has 0 radical (unpaired) electrons. The molecule has 0 saturated heterocycles. The maximum atomic E-state index is 5.42. The zero-order chi connectivity index (χ0) is 10.6. The third-order valence-corrected chi connectivity index (χ3v) is 2.35. The molecule has 0 aliphatic carbocycles. The Morgan fingerprint density at radius 2 is 2.29 bits per heavy atom. The summed E-state index contributed by atoms with van der Waals surface area (Å²) in [5.41, 5.74) is 1.20. The second kappa shape index (κ2) is 5.01. The van der Waals surface area contributed by atoms with Gasteiger partial charge >= 0.3 is 0 Å². The predicted octanol–water partition coefficient (Wildman–Crippen LogP) is 3.20. The molecule has 0 fully saturated rings. The fourth-order valence-electron chi connectivity index (χ4n) is 1.65. The van der Waals surface area contributed by atoms with Crippen molar-refractivity contribution in [1.82, 2.24) is 5.32 Å². The van der Waals surface area contributed by atoms with Crippen LogP contribution in [0.3, 0.4) is 0 Å². The highest BCUT2D eigenvalue weighted by atomic mass is 16.3. The maximum absolute atomic E-state index is 5.42. The molecule has 1 heterocycles. The summed E-state index contributed by atoms with van der Waals surface area (Å²) in [6.07, 6.45) is 4.64. The summed E-state index contributed by atoms with van der Waals surface area (Å²) in [5, 5.41) is 3.46. The summed E-state index contributed by atoms with van der Waals surface area (Å²) in [4.78, 5) is 0. The molecule has 78 valence electrons. The van der Waals surface area contributed by atoms with Gasteiger partial charge in [0.05, 0.1) is 12.3 Å². The fourth-order valence-corrected chi connectivity index (χ4v) is 1.65. The lowest BCUT2D eigenvalue weighted by Gasteiger charge is -2.17. The first-order valence-corrected chi connectivity index (χ1v) is 5.06. The molecule has 14 heavy (non-hydrogen) atoms. The first-order valence-electron chi connectivity index (χ1n) is 5.06. The highest BCUT2D eigenvalue weighted by molar-refractivity contribution is 5.17. The first-order chi connectivity index (χ1) is 6.65. The van der Waals surface area contributed by atoms with Crippen LogP contribution in [0.4, 0.5) is 0 Å². The van der Waals surface area contributed by atoms with Crippen LogP contribution in [0.5, 0.6) is 0 Å². The molecule has 0 saturated carbocycles. The molecule has 0 spiro atoms. The first kappa shape index (κ1) is 11.1. The molecule has 1 rings (SSSR count). The van der Waals surface area contributed by atoms with Crippen LogP contribution in [0.2, 0.25) is 0 Å². The van der Waals surface area contributed by atoms with Gasteiger partial charge in [-0.2, -0.15) is 0 Å². The number of aryl methyl sites for hydroxylation is 1. The molecular weight excluding hydrogens is 174 g/mol. The molecule has 1 N–H and O–H groups in total. The Balaban J connectivity index is 2.54. The van der Waals surface area contributed by atoms with Crippen LogP contribution in [0.25, 0.3) is 0 Å². The summed E-state index contributed by atoms with van der Waals surface area (Å²) in [6, 6.07) is 2.69. The van der Waals surface area contributed by atoms with Crippen LogP contribution in [0, 0.1) is 6.92 Å². The van der Waals surface area contributed by atoms with Crippen LogP contribution in [0.15, 0.2) is 29.4 Å². The molecule has 0 amide bonds. The van der Waals surface area contributed by atoms with Crippen LogP contribution < -0.4 is 5.32 Å². The summed E-state index contributed by atoms with van der Waals surface area (Å²) in [7, 11) is 0. The lowest BCUT2D eigenvalue weighted by molar-refractivity contribution is 0.397. The minimum absolute atomic E-state index is 0.264. The molecule has 0 bridgehead atoms. The van der Waals surface area contributed by atoms with E-state index >= 15 is 0 Å². The van der Waals surface area contributed by atoms with E-state index in [0.29, 0.717) is 6.04 Å². The Morgan fingerprint density at radius 3 is 2.79 bits per heavy atom. The van der Waals surface area contributed by atoms with Crippen LogP contribution in [-0.4, -0.2) is 6.04 Å². The van der Waals surface area contributed by atoms with Crippen molar-refractivity contribution in [3.63, 3.8) is 0 Å². The third kappa shape index (κ3) is 2.74. The van der Waals surface area contributed by atoms with Crippen molar-refractivity contribution in [3.8, 4) is 0 Å². The number of rotatable bonds is 5. The molecular formula is C12H19NO. The minimum atomic E-state index is 0.264. The molecule has 2 unspecified atom stereocenters. The summed E-state index contributed by atoms with van der Waals surface area (Å²) >= 11 is 0. The van der Waals surface area contributed by atoms with Gasteiger partial charge in [0, 0.05) is 6.04 Å². The smallest absolute Gasteiger partial charge is 0.123 e. The Bertz CT molecular complexity index is 290. The number of nitrogens with one attached hydrogen (secondary N) is 1. The van der Waals surface area contributed by atoms with Gasteiger partial charge in [0.25, 0.3) is 0 Å². The molecule has 2 atom stereocenters. The van der Waals surface area contributed by atoms with Gasteiger partial charge in [-0.15, -0.1) is 6.58 Å². The van der Waals surface area contributed by atoms with Crippen molar-refractivity contribution in [2.75, 3.05) is 0 Å². The molecule has 2 heteroatoms. The number of hydrogen-bond donors (Lipinski definition) is 1. The highest BCUT2D eigenvalue weighted by Gasteiger charge is 2.13. The topological polar surface area (TPSA) is 25.2 Å². The van der Waals surface area contributed by atoms with E-state index in [2.05, 4.69) is 32.7 Å². The highest BCUT2D eigenvalue weighted by Crippen LogP contribution is 2.18. The van der Waals surface area contributed by atoms with Crippen molar-refractivity contribution in [1.29, 1.82) is 0 Å². The normalized spacial score (nSPS) is 15.1. The minimum Gasteiger partial charge on any atom is -0.467 e. The average Bonchev–Trinajstić information content (AvgIpc) is 2.51. The van der Waals surface area contributed by atoms with Crippen molar-refractivity contribution >= 4 is 0 Å². The number of hydrogen-bond acceptors (Lipinski definition) is 2. The quantitative estimate of drug-likeness (QED) is 0.726. The van der Waals surface area contributed by atoms with E-state index in [1.807, 2.05) is 12.1 Å². The van der Waals surface area contributed by atoms with Crippen molar-refractivity contribution in [3.05, 3.63) is 36.3 Å². The number of furan rings is 1. The molecule has 1 aromatic rings. The Morgan fingerprint density at radius 1 is 1.57 bits per heavy atom. The van der Waals surface area contributed by atoms with Crippen molar-refractivity contribution in [2.45, 2.75) is 39.3 Å². The van der Waals surface area contributed by atoms with Crippen molar-refractivity contribution < 1.29 is 4.42 Å². The largest absolute Gasteiger partial charge is 0.467 e. The average molecular weight is 193 g/mol. The zero-order valence-corrected chi connectivity index (χ0v) is 9.21. The van der Waals surface area contributed by atoms with Gasteiger partial charge in [0.2, 0.25) is 0 Å². The van der Waals surface area contributed by atoms with Crippen molar-refractivity contribution in [2.24, 2.45) is 0 Å². The monoisotopic (exact) mass is 193 g/mol.